The molecule has 0 bridgehead atoms. The van der Waals surface area contributed by atoms with Gasteiger partial charge in [0, 0.05) is 19.0 Å². The molecular weight excluding hydrogens is 336 g/mol. The van der Waals surface area contributed by atoms with Crippen LogP contribution in [0.2, 0.25) is 0 Å². The van der Waals surface area contributed by atoms with Gasteiger partial charge in [-0.1, -0.05) is 32.0 Å². The van der Waals surface area contributed by atoms with Gasteiger partial charge in [-0.25, -0.2) is 0 Å². The van der Waals surface area contributed by atoms with E-state index in [9.17, 15) is 4.79 Å². The first kappa shape index (κ1) is 19.4. The molecule has 3 rings (SSSR count). The molecule has 0 saturated heterocycles. The number of aromatic nitrogens is 1. The van der Waals surface area contributed by atoms with Gasteiger partial charge in [-0.05, 0) is 56.6 Å². The zero-order valence-corrected chi connectivity index (χ0v) is 16.7. The number of nitrogens with zero attached hydrogens (tertiary/aromatic N) is 2. The Morgan fingerprint density at radius 2 is 1.63 bits per heavy atom. The second-order valence-corrected chi connectivity index (χ2v) is 7.10. The van der Waals surface area contributed by atoms with Gasteiger partial charge in [0.25, 0.3) is 0 Å². The van der Waals surface area contributed by atoms with Gasteiger partial charge in [0.1, 0.15) is 5.75 Å². The number of hydrogen-bond acceptors (Lipinski definition) is 3. The van der Waals surface area contributed by atoms with E-state index in [2.05, 4.69) is 23.3 Å². The number of pyridine rings is 1. The molecule has 1 aromatic heterocycles. The fourth-order valence-corrected chi connectivity index (χ4v) is 3.81. The van der Waals surface area contributed by atoms with Crippen molar-refractivity contribution in [3.8, 4) is 5.75 Å². The molecule has 0 unspecified atom stereocenters. The average Bonchev–Trinajstić information content (AvgIpc) is 2.69. The number of aryl methyl sites for hydroxylation is 1. The molecule has 0 N–H and O–H groups in total. The molecule has 0 aliphatic carbocycles. The van der Waals surface area contributed by atoms with Crippen LogP contribution in [0.5, 0.6) is 5.75 Å². The highest BCUT2D eigenvalue weighted by molar-refractivity contribution is 5.96. The van der Waals surface area contributed by atoms with Crippen LogP contribution < -0.4 is 10.2 Å². The first-order valence-electron chi connectivity index (χ1n) is 10.0. The lowest BCUT2D eigenvalue weighted by Gasteiger charge is -2.21. The quantitative estimate of drug-likeness (QED) is 0.411. The van der Waals surface area contributed by atoms with Crippen molar-refractivity contribution in [1.82, 2.24) is 9.47 Å². The molecule has 3 aromatic rings. The van der Waals surface area contributed by atoms with E-state index in [0.29, 0.717) is 17.7 Å². The fraction of sp³-hybridized carbons (Fsp3) is 0.435. The lowest BCUT2D eigenvalue weighted by Crippen LogP contribution is -2.27. The maximum absolute atomic E-state index is 13.1. The van der Waals surface area contributed by atoms with E-state index in [1.165, 1.54) is 12.8 Å². The number of para-hydroxylation sites is 1. The van der Waals surface area contributed by atoms with E-state index in [1.54, 1.807) is 0 Å². The maximum atomic E-state index is 13.1. The normalized spacial score (nSPS) is 11.6. The number of ether oxygens (including phenoxy) is 1. The summed E-state index contributed by atoms with van der Waals surface area (Å²) in [6.07, 6.45) is 3.31. The number of benzene rings is 2. The molecule has 0 amide bonds. The smallest absolute Gasteiger partial charge is 0.200 e. The minimum atomic E-state index is 0.0490. The summed E-state index contributed by atoms with van der Waals surface area (Å²) < 4.78 is 8.14. The van der Waals surface area contributed by atoms with E-state index in [0.717, 1.165) is 42.5 Å². The first-order chi connectivity index (χ1) is 13.2. The van der Waals surface area contributed by atoms with Gasteiger partial charge in [0.05, 0.1) is 23.0 Å². The van der Waals surface area contributed by atoms with E-state index >= 15 is 0 Å². The van der Waals surface area contributed by atoms with Crippen molar-refractivity contribution in [3.63, 3.8) is 0 Å². The Bertz CT molecular complexity index is 956. The molecule has 27 heavy (non-hydrogen) atoms. The van der Waals surface area contributed by atoms with Gasteiger partial charge in [-0.15, -0.1) is 0 Å². The molecule has 0 atom stereocenters. The first-order valence-corrected chi connectivity index (χ1v) is 10.0. The van der Waals surface area contributed by atoms with Crippen molar-refractivity contribution < 1.29 is 4.74 Å². The topological polar surface area (TPSA) is 34.5 Å². The fourth-order valence-electron chi connectivity index (χ4n) is 3.81. The summed E-state index contributed by atoms with van der Waals surface area (Å²) >= 11 is 0. The van der Waals surface area contributed by atoms with Crippen molar-refractivity contribution in [3.05, 3.63) is 52.7 Å². The van der Waals surface area contributed by atoms with E-state index in [1.807, 2.05) is 49.5 Å². The summed E-state index contributed by atoms with van der Waals surface area (Å²) in [4.78, 5) is 15.6. The minimum absolute atomic E-state index is 0.0490. The third-order valence-corrected chi connectivity index (χ3v) is 5.06. The summed E-state index contributed by atoms with van der Waals surface area (Å²) in [6.45, 7) is 8.36. The molecule has 1 heterocycles. The average molecular weight is 367 g/mol. The highest BCUT2D eigenvalue weighted by atomic mass is 16.5. The van der Waals surface area contributed by atoms with Crippen molar-refractivity contribution in [1.29, 1.82) is 0 Å². The van der Waals surface area contributed by atoms with Gasteiger partial charge >= 0.3 is 0 Å². The molecule has 0 fully saturated rings. The van der Waals surface area contributed by atoms with Gasteiger partial charge in [-0.3, -0.25) is 4.79 Å². The van der Waals surface area contributed by atoms with Crippen molar-refractivity contribution in [2.45, 2.75) is 33.1 Å². The van der Waals surface area contributed by atoms with Crippen LogP contribution in [0.4, 0.5) is 0 Å². The third-order valence-electron chi connectivity index (χ3n) is 5.06. The molecular formula is C23H30N2O2. The van der Waals surface area contributed by atoms with Crippen LogP contribution in [0.1, 0.15) is 33.1 Å². The second-order valence-electron chi connectivity index (χ2n) is 7.10. The van der Waals surface area contributed by atoms with Crippen LogP contribution in [0.25, 0.3) is 21.8 Å². The van der Waals surface area contributed by atoms with Gasteiger partial charge in [0.15, 0.2) is 0 Å². The van der Waals surface area contributed by atoms with E-state index in [4.69, 9.17) is 4.74 Å². The van der Waals surface area contributed by atoms with Crippen LogP contribution in [0.3, 0.4) is 0 Å². The molecule has 0 radical (unpaired) electrons. The Labute approximate surface area is 161 Å². The molecule has 0 aliphatic rings. The Kier molecular flexibility index (Phi) is 6.51. The van der Waals surface area contributed by atoms with E-state index < -0.39 is 0 Å². The SMILES string of the molecule is CCCN(CCC)CCCOc1cccc2c1c(=O)c1ccccc1n2C. The Morgan fingerprint density at radius 3 is 2.37 bits per heavy atom. The van der Waals surface area contributed by atoms with Crippen LogP contribution >= 0.6 is 0 Å². The molecule has 4 heteroatoms. The predicted molar refractivity (Wildman–Crippen MR) is 114 cm³/mol. The standard InChI is InChI=1S/C23H30N2O2/c1-4-14-25(15-5-2)16-9-17-27-21-13-8-12-20-22(21)23(26)18-10-6-7-11-19(18)24(20)3/h6-8,10-13H,4-5,9,14-17H2,1-3H3. The molecule has 0 spiro atoms. The van der Waals surface area contributed by atoms with Crippen molar-refractivity contribution >= 4 is 21.8 Å². The predicted octanol–water partition coefficient (Wildman–Crippen LogP) is 4.58. The van der Waals surface area contributed by atoms with E-state index in [-0.39, 0.29) is 5.43 Å². The zero-order chi connectivity index (χ0) is 19.2. The number of fused-ring (bicyclic) bond motifs is 2. The zero-order valence-electron chi connectivity index (χ0n) is 16.7. The minimum Gasteiger partial charge on any atom is -0.493 e. The Balaban J connectivity index is 1.82. The third kappa shape index (κ3) is 4.16. The number of hydrogen-bond donors (Lipinski definition) is 0. The van der Waals surface area contributed by atoms with Gasteiger partial charge in [-0.2, -0.15) is 0 Å². The molecule has 0 saturated carbocycles. The highest BCUT2D eigenvalue weighted by Crippen LogP contribution is 2.25. The van der Waals surface area contributed by atoms with Gasteiger partial charge < -0.3 is 14.2 Å². The highest BCUT2D eigenvalue weighted by Gasteiger charge is 2.13. The maximum Gasteiger partial charge on any atom is 0.200 e. The summed E-state index contributed by atoms with van der Waals surface area (Å²) in [5, 5.41) is 1.42. The van der Waals surface area contributed by atoms with Crippen molar-refractivity contribution in [2.75, 3.05) is 26.2 Å². The molecule has 2 aromatic carbocycles. The second kappa shape index (κ2) is 9.05. The monoisotopic (exact) mass is 366 g/mol. The Hall–Kier alpha value is -2.33. The van der Waals surface area contributed by atoms with Gasteiger partial charge in [0.2, 0.25) is 5.43 Å². The summed E-state index contributed by atoms with van der Waals surface area (Å²) in [7, 11) is 2.00. The summed E-state index contributed by atoms with van der Waals surface area (Å²) in [5.41, 5.74) is 1.91. The molecule has 4 nitrogen and oxygen atoms in total. The van der Waals surface area contributed by atoms with Crippen LogP contribution in [0, 0.1) is 0 Å². The molecule has 144 valence electrons. The van der Waals surface area contributed by atoms with Crippen LogP contribution in [-0.2, 0) is 7.05 Å². The Morgan fingerprint density at radius 1 is 0.926 bits per heavy atom. The van der Waals surface area contributed by atoms with Crippen LogP contribution in [0.15, 0.2) is 47.3 Å². The van der Waals surface area contributed by atoms with Crippen LogP contribution in [-0.4, -0.2) is 35.7 Å². The molecule has 0 aliphatic heterocycles. The largest absolute Gasteiger partial charge is 0.493 e. The lowest BCUT2D eigenvalue weighted by atomic mass is 10.1. The summed E-state index contributed by atoms with van der Waals surface area (Å²) in [6, 6.07) is 13.6. The number of rotatable bonds is 9. The van der Waals surface area contributed by atoms with Crippen molar-refractivity contribution in [2.24, 2.45) is 7.05 Å². The lowest BCUT2D eigenvalue weighted by molar-refractivity contribution is 0.235. The summed E-state index contributed by atoms with van der Waals surface area (Å²) in [5.74, 6) is 0.691.